The van der Waals surface area contributed by atoms with Gasteiger partial charge in [0.05, 0.1) is 12.0 Å². The van der Waals surface area contributed by atoms with E-state index in [1.807, 2.05) is 29.2 Å². The smallest absolute Gasteiger partial charge is 0.254 e. The van der Waals surface area contributed by atoms with E-state index in [0.29, 0.717) is 18.7 Å². The molecule has 2 heterocycles. The van der Waals surface area contributed by atoms with Crippen LogP contribution in [0.15, 0.2) is 24.3 Å². The molecule has 5 heteroatoms. The SMILES string of the molecule is NCCc1ccc(C(=O)N2CCCC3C(=O)NCC32)cc1. The Labute approximate surface area is 124 Å². The fourth-order valence-electron chi connectivity index (χ4n) is 3.35. The number of carbonyl (C=O) groups is 2. The third kappa shape index (κ3) is 2.65. The normalized spacial score (nSPS) is 24.6. The summed E-state index contributed by atoms with van der Waals surface area (Å²) in [5, 5.41) is 2.88. The average molecular weight is 287 g/mol. The molecule has 2 aliphatic heterocycles. The van der Waals surface area contributed by atoms with Gasteiger partial charge < -0.3 is 16.0 Å². The van der Waals surface area contributed by atoms with Crippen LogP contribution >= 0.6 is 0 Å². The fourth-order valence-corrected chi connectivity index (χ4v) is 3.35. The molecular weight excluding hydrogens is 266 g/mol. The van der Waals surface area contributed by atoms with E-state index >= 15 is 0 Å². The van der Waals surface area contributed by atoms with Crippen molar-refractivity contribution in [1.82, 2.24) is 10.2 Å². The van der Waals surface area contributed by atoms with Crippen LogP contribution in [-0.2, 0) is 11.2 Å². The minimum Gasteiger partial charge on any atom is -0.354 e. The van der Waals surface area contributed by atoms with E-state index in [9.17, 15) is 9.59 Å². The van der Waals surface area contributed by atoms with Crippen LogP contribution in [0, 0.1) is 5.92 Å². The van der Waals surface area contributed by atoms with E-state index in [-0.39, 0.29) is 23.8 Å². The second-order valence-corrected chi connectivity index (χ2v) is 5.80. The number of likely N-dealkylation sites (tertiary alicyclic amines) is 1. The van der Waals surface area contributed by atoms with Crippen LogP contribution in [0.4, 0.5) is 0 Å². The average Bonchev–Trinajstić information content (AvgIpc) is 2.89. The lowest BCUT2D eigenvalue weighted by Gasteiger charge is -2.36. The zero-order valence-electron chi connectivity index (χ0n) is 12.0. The number of fused-ring (bicyclic) bond motifs is 1. The largest absolute Gasteiger partial charge is 0.354 e. The predicted octanol–water partition coefficient (Wildman–Crippen LogP) is 0.538. The second-order valence-electron chi connectivity index (χ2n) is 5.80. The number of amides is 2. The summed E-state index contributed by atoms with van der Waals surface area (Å²) in [7, 11) is 0. The molecule has 3 N–H and O–H groups in total. The molecule has 5 nitrogen and oxygen atoms in total. The Bertz CT molecular complexity index is 541. The Balaban J connectivity index is 1.76. The number of benzene rings is 1. The number of nitrogens with one attached hydrogen (secondary N) is 1. The van der Waals surface area contributed by atoms with Gasteiger partial charge >= 0.3 is 0 Å². The van der Waals surface area contributed by atoms with Crippen molar-refractivity contribution < 1.29 is 9.59 Å². The van der Waals surface area contributed by atoms with Crippen molar-refractivity contribution in [2.45, 2.75) is 25.3 Å². The van der Waals surface area contributed by atoms with Crippen molar-refractivity contribution in [2.24, 2.45) is 11.7 Å². The van der Waals surface area contributed by atoms with E-state index in [1.54, 1.807) is 0 Å². The first kappa shape index (κ1) is 14.1. The summed E-state index contributed by atoms with van der Waals surface area (Å²) in [6.45, 7) is 1.93. The Morgan fingerprint density at radius 3 is 2.81 bits per heavy atom. The highest BCUT2D eigenvalue weighted by Gasteiger charge is 2.42. The van der Waals surface area contributed by atoms with Crippen molar-refractivity contribution in [2.75, 3.05) is 19.6 Å². The maximum Gasteiger partial charge on any atom is 0.254 e. The second kappa shape index (κ2) is 5.85. The van der Waals surface area contributed by atoms with E-state index in [0.717, 1.165) is 31.4 Å². The first-order valence-corrected chi connectivity index (χ1v) is 7.58. The van der Waals surface area contributed by atoms with E-state index < -0.39 is 0 Å². The molecule has 1 aromatic carbocycles. The summed E-state index contributed by atoms with van der Waals surface area (Å²) in [4.78, 5) is 26.3. The highest BCUT2D eigenvalue weighted by Crippen LogP contribution is 2.28. The number of carbonyl (C=O) groups excluding carboxylic acids is 2. The molecular formula is C16H21N3O2. The van der Waals surface area contributed by atoms with Gasteiger partial charge in [-0.2, -0.15) is 0 Å². The first-order chi connectivity index (χ1) is 10.2. The van der Waals surface area contributed by atoms with Crippen molar-refractivity contribution in [3.8, 4) is 0 Å². The number of rotatable bonds is 3. The zero-order chi connectivity index (χ0) is 14.8. The van der Waals surface area contributed by atoms with Crippen LogP contribution < -0.4 is 11.1 Å². The molecule has 1 aromatic rings. The van der Waals surface area contributed by atoms with Crippen LogP contribution in [0.1, 0.15) is 28.8 Å². The lowest BCUT2D eigenvalue weighted by atomic mass is 9.91. The number of nitrogens with zero attached hydrogens (tertiary/aromatic N) is 1. The summed E-state index contributed by atoms with van der Waals surface area (Å²) in [5.41, 5.74) is 7.37. The quantitative estimate of drug-likeness (QED) is 0.852. The van der Waals surface area contributed by atoms with Crippen LogP contribution in [0.2, 0.25) is 0 Å². The highest BCUT2D eigenvalue weighted by molar-refractivity contribution is 5.95. The molecule has 112 valence electrons. The molecule has 0 aliphatic carbocycles. The summed E-state index contributed by atoms with van der Waals surface area (Å²) in [6.07, 6.45) is 2.60. The molecule has 0 aromatic heterocycles. The van der Waals surface area contributed by atoms with E-state index in [2.05, 4.69) is 5.32 Å². The molecule has 0 radical (unpaired) electrons. The molecule has 21 heavy (non-hydrogen) atoms. The van der Waals surface area contributed by atoms with Crippen LogP contribution in [0.25, 0.3) is 0 Å². The van der Waals surface area contributed by atoms with Gasteiger partial charge in [-0.1, -0.05) is 12.1 Å². The number of piperidine rings is 1. The lowest BCUT2D eigenvalue weighted by molar-refractivity contribution is -0.123. The monoisotopic (exact) mass is 287 g/mol. The van der Waals surface area contributed by atoms with Gasteiger partial charge in [0.1, 0.15) is 0 Å². The van der Waals surface area contributed by atoms with Crippen molar-refractivity contribution in [1.29, 1.82) is 0 Å². The summed E-state index contributed by atoms with van der Waals surface area (Å²) >= 11 is 0. The Morgan fingerprint density at radius 1 is 1.33 bits per heavy atom. The standard InChI is InChI=1S/C16H21N3O2/c17-8-7-11-3-5-12(6-4-11)16(21)19-9-1-2-13-14(19)10-18-15(13)20/h3-6,13-14H,1-2,7-10,17H2,(H,18,20). The first-order valence-electron chi connectivity index (χ1n) is 7.58. The highest BCUT2D eigenvalue weighted by atomic mass is 16.2. The third-order valence-corrected chi connectivity index (χ3v) is 4.50. The Morgan fingerprint density at radius 2 is 2.10 bits per heavy atom. The minimum absolute atomic E-state index is 0.0162. The number of nitrogens with two attached hydrogens (primary N) is 1. The van der Waals surface area contributed by atoms with Crippen LogP contribution in [0.3, 0.4) is 0 Å². The van der Waals surface area contributed by atoms with Gasteiger partial charge in [0.2, 0.25) is 5.91 Å². The van der Waals surface area contributed by atoms with Gasteiger partial charge in [-0.25, -0.2) is 0 Å². The van der Waals surface area contributed by atoms with Gasteiger partial charge in [0.15, 0.2) is 0 Å². The Kier molecular flexibility index (Phi) is 3.92. The van der Waals surface area contributed by atoms with Gasteiger partial charge in [0, 0.05) is 18.7 Å². The fraction of sp³-hybridized carbons (Fsp3) is 0.500. The lowest BCUT2D eigenvalue weighted by Crippen LogP contribution is -2.48. The summed E-state index contributed by atoms with van der Waals surface area (Å²) in [6, 6.07) is 7.66. The summed E-state index contributed by atoms with van der Waals surface area (Å²) < 4.78 is 0. The van der Waals surface area contributed by atoms with Crippen LogP contribution in [-0.4, -0.2) is 42.4 Å². The van der Waals surface area contributed by atoms with Crippen LogP contribution in [0.5, 0.6) is 0 Å². The van der Waals surface area contributed by atoms with Crippen molar-refractivity contribution in [3.05, 3.63) is 35.4 Å². The molecule has 2 amide bonds. The number of hydrogen-bond acceptors (Lipinski definition) is 3. The van der Waals surface area contributed by atoms with Gasteiger partial charge in [-0.15, -0.1) is 0 Å². The molecule has 0 saturated carbocycles. The Hall–Kier alpha value is -1.88. The van der Waals surface area contributed by atoms with Gasteiger partial charge in [-0.3, -0.25) is 9.59 Å². The molecule has 0 spiro atoms. The van der Waals surface area contributed by atoms with Gasteiger partial charge in [0.25, 0.3) is 5.91 Å². The molecule has 2 saturated heterocycles. The molecule has 0 bridgehead atoms. The summed E-state index contributed by atoms with van der Waals surface area (Å²) in [5.74, 6) is 0.0931. The van der Waals surface area contributed by atoms with E-state index in [4.69, 9.17) is 5.73 Å². The molecule has 3 rings (SSSR count). The van der Waals surface area contributed by atoms with Crippen molar-refractivity contribution in [3.63, 3.8) is 0 Å². The van der Waals surface area contributed by atoms with E-state index in [1.165, 1.54) is 0 Å². The molecule has 2 atom stereocenters. The van der Waals surface area contributed by atoms with Crippen molar-refractivity contribution >= 4 is 11.8 Å². The minimum atomic E-state index is -0.0285. The number of hydrogen-bond donors (Lipinski definition) is 2. The van der Waals surface area contributed by atoms with Gasteiger partial charge in [-0.05, 0) is 43.5 Å². The molecule has 2 unspecified atom stereocenters. The maximum atomic E-state index is 12.7. The topological polar surface area (TPSA) is 75.4 Å². The molecule has 2 fully saturated rings. The third-order valence-electron chi connectivity index (χ3n) is 4.50. The zero-order valence-corrected chi connectivity index (χ0v) is 12.0. The molecule has 2 aliphatic rings. The predicted molar refractivity (Wildman–Crippen MR) is 79.8 cm³/mol. The maximum absolute atomic E-state index is 12.7.